The number of hydrogen-bond donors (Lipinski definition) is 2. The van der Waals surface area contributed by atoms with E-state index in [9.17, 15) is 20.0 Å². The molecular weight excluding hydrogens is 430 g/mol. The average molecular weight is 452 g/mol. The number of benzene rings is 3. The number of aliphatic hydroxyl groups excluding tert-OH is 1. The van der Waals surface area contributed by atoms with Crippen molar-refractivity contribution in [2.75, 3.05) is 23.3 Å². The van der Waals surface area contributed by atoms with Crippen molar-refractivity contribution in [3.8, 4) is 0 Å². The topological polar surface area (TPSA) is 95.7 Å². The number of nitro benzene ring substituents is 1. The number of nitrogens with zero attached hydrogens (tertiary/aromatic N) is 2. The van der Waals surface area contributed by atoms with Crippen LogP contribution in [0.25, 0.3) is 0 Å². The summed E-state index contributed by atoms with van der Waals surface area (Å²) in [6, 6.07) is 18.2. The molecule has 3 aromatic carbocycles. The Morgan fingerprint density at radius 2 is 1.78 bits per heavy atom. The van der Waals surface area contributed by atoms with Crippen LogP contribution in [0.15, 0.2) is 66.7 Å². The lowest BCUT2D eigenvalue weighted by molar-refractivity contribution is -0.384. The molecule has 1 heterocycles. The quantitative estimate of drug-likeness (QED) is 0.397. The number of halogens is 1. The molecule has 1 aliphatic heterocycles. The van der Waals surface area contributed by atoms with Crippen molar-refractivity contribution in [1.29, 1.82) is 0 Å². The van der Waals surface area contributed by atoms with Crippen LogP contribution in [0.3, 0.4) is 0 Å². The first kappa shape index (κ1) is 21.8. The van der Waals surface area contributed by atoms with Gasteiger partial charge in [-0.15, -0.1) is 0 Å². The Hall–Kier alpha value is -3.42. The number of anilines is 2. The molecule has 3 aromatic rings. The van der Waals surface area contributed by atoms with Gasteiger partial charge in [0.25, 0.3) is 11.6 Å². The van der Waals surface area contributed by atoms with E-state index in [-0.39, 0.29) is 11.3 Å². The predicted octanol–water partition coefficient (Wildman–Crippen LogP) is 5.18. The highest BCUT2D eigenvalue weighted by atomic mass is 35.5. The van der Waals surface area contributed by atoms with Gasteiger partial charge in [-0.1, -0.05) is 41.9 Å². The number of nitrogens with one attached hydrogen (secondary N) is 1. The fraction of sp³-hybridized carbons (Fsp3) is 0.208. The molecule has 7 nitrogen and oxygen atoms in total. The molecule has 0 unspecified atom stereocenters. The fourth-order valence-electron chi connectivity index (χ4n) is 3.93. The van der Waals surface area contributed by atoms with E-state index < -0.39 is 16.9 Å². The molecule has 2 N–H and O–H groups in total. The second-order valence-electron chi connectivity index (χ2n) is 7.65. The van der Waals surface area contributed by atoms with Gasteiger partial charge in [0.05, 0.1) is 16.2 Å². The van der Waals surface area contributed by atoms with E-state index in [0.717, 1.165) is 25.9 Å². The van der Waals surface area contributed by atoms with Gasteiger partial charge in [0, 0.05) is 41.5 Å². The van der Waals surface area contributed by atoms with Crippen LogP contribution in [-0.4, -0.2) is 29.0 Å². The van der Waals surface area contributed by atoms with Gasteiger partial charge in [-0.25, -0.2) is 0 Å². The second-order valence-corrected chi connectivity index (χ2v) is 8.09. The Bertz CT molecular complexity index is 1150. The van der Waals surface area contributed by atoms with Crippen LogP contribution in [-0.2, 0) is 0 Å². The molecule has 4 rings (SSSR count). The van der Waals surface area contributed by atoms with E-state index in [1.165, 1.54) is 12.1 Å². The summed E-state index contributed by atoms with van der Waals surface area (Å²) in [6.07, 6.45) is 0.999. The summed E-state index contributed by atoms with van der Waals surface area (Å²) in [6.45, 7) is 1.58. The van der Waals surface area contributed by atoms with Crippen LogP contribution >= 0.6 is 11.6 Å². The average Bonchev–Trinajstić information content (AvgIpc) is 3.34. The Labute approximate surface area is 190 Å². The fourth-order valence-corrected chi connectivity index (χ4v) is 4.11. The number of carbonyl (C=O) groups excluding carboxylic acids is 1. The maximum atomic E-state index is 13.3. The maximum absolute atomic E-state index is 13.3. The molecule has 1 atom stereocenters. The van der Waals surface area contributed by atoms with Crippen LogP contribution in [0.4, 0.5) is 17.1 Å². The summed E-state index contributed by atoms with van der Waals surface area (Å²) in [5, 5.41) is 25.5. The zero-order chi connectivity index (χ0) is 22.7. The minimum atomic E-state index is -1.01. The van der Waals surface area contributed by atoms with E-state index in [0.29, 0.717) is 27.5 Å². The summed E-state index contributed by atoms with van der Waals surface area (Å²) >= 11 is 6.16. The molecule has 1 aliphatic rings. The molecule has 0 radical (unpaired) electrons. The minimum Gasteiger partial charge on any atom is -0.384 e. The molecule has 164 valence electrons. The summed E-state index contributed by atoms with van der Waals surface area (Å²) in [5.74, 6) is -0.487. The van der Waals surface area contributed by atoms with Gasteiger partial charge >= 0.3 is 0 Å². The summed E-state index contributed by atoms with van der Waals surface area (Å²) in [5.41, 5.74) is 2.19. The van der Waals surface area contributed by atoms with E-state index in [2.05, 4.69) is 10.2 Å². The highest BCUT2D eigenvalue weighted by Gasteiger charge is 2.24. The zero-order valence-corrected chi connectivity index (χ0v) is 18.0. The minimum absolute atomic E-state index is 0.154. The van der Waals surface area contributed by atoms with E-state index >= 15 is 0 Å². The van der Waals surface area contributed by atoms with Crippen LogP contribution in [0, 0.1) is 10.1 Å². The zero-order valence-electron chi connectivity index (χ0n) is 17.2. The largest absolute Gasteiger partial charge is 0.384 e. The molecule has 1 amide bonds. The Morgan fingerprint density at radius 3 is 2.47 bits per heavy atom. The van der Waals surface area contributed by atoms with Crippen molar-refractivity contribution in [3.05, 3.63) is 98.6 Å². The summed E-state index contributed by atoms with van der Waals surface area (Å²) in [4.78, 5) is 26.1. The van der Waals surface area contributed by atoms with Crippen LogP contribution in [0.2, 0.25) is 5.02 Å². The number of nitro groups is 1. The first-order valence-electron chi connectivity index (χ1n) is 10.3. The van der Waals surface area contributed by atoms with Crippen LogP contribution in [0.5, 0.6) is 0 Å². The smallest absolute Gasteiger partial charge is 0.270 e. The molecule has 0 saturated carbocycles. The van der Waals surface area contributed by atoms with Gasteiger partial charge in [-0.3, -0.25) is 14.9 Å². The molecule has 32 heavy (non-hydrogen) atoms. The third kappa shape index (κ3) is 4.59. The van der Waals surface area contributed by atoms with Crippen molar-refractivity contribution < 1.29 is 14.8 Å². The van der Waals surface area contributed by atoms with Crippen LogP contribution < -0.4 is 10.2 Å². The van der Waals surface area contributed by atoms with E-state index in [1.807, 2.05) is 18.2 Å². The third-order valence-corrected chi connectivity index (χ3v) is 5.79. The van der Waals surface area contributed by atoms with Crippen LogP contribution in [0.1, 0.15) is 40.4 Å². The molecule has 0 bridgehead atoms. The van der Waals surface area contributed by atoms with E-state index in [1.54, 1.807) is 36.4 Å². The lowest BCUT2D eigenvalue weighted by Gasteiger charge is -2.22. The first-order chi connectivity index (χ1) is 15.4. The monoisotopic (exact) mass is 451 g/mol. The summed E-state index contributed by atoms with van der Waals surface area (Å²) < 4.78 is 0. The van der Waals surface area contributed by atoms with E-state index in [4.69, 9.17) is 11.6 Å². The highest BCUT2D eigenvalue weighted by molar-refractivity contribution is 6.30. The van der Waals surface area contributed by atoms with Crippen molar-refractivity contribution >= 4 is 34.6 Å². The predicted molar refractivity (Wildman–Crippen MR) is 124 cm³/mol. The Balaban J connectivity index is 1.70. The second kappa shape index (κ2) is 9.38. The van der Waals surface area contributed by atoms with Gasteiger partial charge in [0.1, 0.15) is 6.10 Å². The number of non-ortho nitro benzene ring substituents is 1. The van der Waals surface area contributed by atoms with Crippen molar-refractivity contribution in [2.45, 2.75) is 18.9 Å². The molecule has 0 aromatic heterocycles. The normalized spacial score (nSPS) is 14.2. The number of carbonyl (C=O) groups is 1. The Morgan fingerprint density at radius 1 is 1.06 bits per heavy atom. The van der Waals surface area contributed by atoms with Gasteiger partial charge < -0.3 is 15.3 Å². The van der Waals surface area contributed by atoms with Crippen molar-refractivity contribution in [1.82, 2.24) is 0 Å². The van der Waals surface area contributed by atoms with Gasteiger partial charge in [0.2, 0.25) is 0 Å². The number of amides is 1. The molecule has 0 spiro atoms. The lowest BCUT2D eigenvalue weighted by Crippen LogP contribution is -2.23. The van der Waals surface area contributed by atoms with Crippen molar-refractivity contribution in [3.63, 3.8) is 0 Å². The molecule has 1 fully saturated rings. The molecule has 1 saturated heterocycles. The van der Waals surface area contributed by atoms with Gasteiger partial charge in [-0.05, 0) is 42.7 Å². The molecule has 0 aliphatic carbocycles. The van der Waals surface area contributed by atoms with Gasteiger partial charge in [0.15, 0.2) is 0 Å². The Kier molecular flexibility index (Phi) is 6.39. The number of hydrogen-bond acceptors (Lipinski definition) is 5. The molecule has 8 heteroatoms. The third-order valence-electron chi connectivity index (χ3n) is 5.55. The highest BCUT2D eigenvalue weighted by Crippen LogP contribution is 2.33. The standard InChI is InChI=1S/C24H22ClN3O4/c25-17-8-10-21(19(14-17)23(29)16-6-2-1-3-7-16)26-24(30)20-15-18(28(31)32)9-11-22(20)27-12-4-5-13-27/h1-3,6-11,14-15,23,29H,4-5,12-13H2,(H,26,30)/t23-/m0/s1. The molecular formula is C24H22ClN3O4. The lowest BCUT2D eigenvalue weighted by atomic mass is 9.99. The first-order valence-corrected chi connectivity index (χ1v) is 10.7. The van der Waals surface area contributed by atoms with Crippen molar-refractivity contribution in [2.24, 2.45) is 0 Å². The SMILES string of the molecule is O=C(Nc1ccc(Cl)cc1[C@@H](O)c1ccccc1)c1cc([N+](=O)[O-])ccc1N1CCCC1. The van der Waals surface area contributed by atoms with Gasteiger partial charge in [-0.2, -0.15) is 0 Å². The maximum Gasteiger partial charge on any atom is 0.270 e. The number of rotatable bonds is 6. The summed E-state index contributed by atoms with van der Waals surface area (Å²) in [7, 11) is 0. The number of aliphatic hydroxyl groups is 1.